The highest BCUT2D eigenvalue weighted by Gasteiger charge is 2.32. The molecule has 0 radical (unpaired) electrons. The van der Waals surface area contributed by atoms with Crippen LogP contribution in [0.2, 0.25) is 0 Å². The number of carbonyl (C=O) groups excluding carboxylic acids is 2. The quantitative estimate of drug-likeness (QED) is 0.260. The van der Waals surface area contributed by atoms with Crippen LogP contribution in [0.15, 0.2) is 72.8 Å². The first-order valence-electron chi connectivity index (χ1n) is 12.7. The second kappa shape index (κ2) is 13.5. The van der Waals surface area contributed by atoms with E-state index < -0.39 is 29.0 Å². The Hall–Kier alpha value is -4.60. The minimum Gasteiger partial charge on any atom is -0.497 e. The number of carbonyl (C=O) groups is 2. The highest BCUT2D eigenvalue weighted by Crippen LogP contribution is 2.31. The third-order valence-electron chi connectivity index (χ3n) is 5.97. The number of hydrogen-bond donors (Lipinski definition) is 1. The number of nitro benzene ring substituents is 1. The lowest BCUT2D eigenvalue weighted by Gasteiger charge is -2.33. The second-order valence-corrected chi connectivity index (χ2v) is 10.2. The van der Waals surface area contributed by atoms with Gasteiger partial charge in [0.1, 0.15) is 17.5 Å². The van der Waals surface area contributed by atoms with Crippen LogP contribution in [0.3, 0.4) is 0 Å². The van der Waals surface area contributed by atoms with Crippen molar-refractivity contribution in [1.29, 1.82) is 0 Å². The number of methoxy groups -OCH3 is 2. The molecule has 0 aliphatic heterocycles. The lowest BCUT2D eigenvalue weighted by molar-refractivity contribution is -0.385. The summed E-state index contributed by atoms with van der Waals surface area (Å²) in [7, 11) is 2.87. The molecule has 0 spiro atoms. The molecule has 0 bridgehead atoms. The monoisotopic (exact) mass is 549 g/mol. The molecule has 0 saturated heterocycles. The molecular formula is C30H35N3O7. The summed E-state index contributed by atoms with van der Waals surface area (Å²) < 4.78 is 16.2. The van der Waals surface area contributed by atoms with Gasteiger partial charge in [0.2, 0.25) is 11.7 Å². The summed E-state index contributed by atoms with van der Waals surface area (Å²) in [6.45, 7) is 5.36. The lowest BCUT2D eigenvalue weighted by atomic mass is 10.0. The van der Waals surface area contributed by atoms with Crippen LogP contribution in [-0.4, -0.2) is 54.0 Å². The smallest absolute Gasteiger partial charge is 0.311 e. The van der Waals surface area contributed by atoms with Gasteiger partial charge >= 0.3 is 5.69 Å². The fourth-order valence-corrected chi connectivity index (χ4v) is 4.10. The van der Waals surface area contributed by atoms with E-state index in [2.05, 4.69) is 5.32 Å². The summed E-state index contributed by atoms with van der Waals surface area (Å²) in [6, 6.07) is 19.9. The number of nitro groups is 1. The largest absolute Gasteiger partial charge is 0.497 e. The Kier molecular flexibility index (Phi) is 10.1. The fraction of sp³-hybridized carbons (Fsp3) is 0.333. The van der Waals surface area contributed by atoms with E-state index in [9.17, 15) is 19.7 Å². The normalized spacial score (nSPS) is 11.7. The van der Waals surface area contributed by atoms with Crippen LogP contribution in [0.4, 0.5) is 5.69 Å². The number of hydrogen-bond acceptors (Lipinski definition) is 7. The molecule has 40 heavy (non-hydrogen) atoms. The molecule has 2 amide bonds. The average molecular weight is 550 g/mol. The van der Waals surface area contributed by atoms with E-state index in [1.807, 2.05) is 69.3 Å². The summed E-state index contributed by atoms with van der Waals surface area (Å²) in [5.74, 6) is 0.109. The van der Waals surface area contributed by atoms with Crippen LogP contribution in [0.1, 0.15) is 31.9 Å². The van der Waals surface area contributed by atoms with Crippen molar-refractivity contribution in [1.82, 2.24) is 10.2 Å². The van der Waals surface area contributed by atoms with Crippen LogP contribution < -0.4 is 19.5 Å². The van der Waals surface area contributed by atoms with Gasteiger partial charge < -0.3 is 24.4 Å². The number of nitrogens with one attached hydrogen (secondary N) is 1. The standard InChI is InChI=1S/C30H35N3O7/c1-30(2,3)31-29(35)26(17-21-10-7-6-8-11-21)32(19-22-12-9-13-23(16-22)38-4)28(34)20-40-24-14-15-25(33(36)37)27(18-24)39-5/h6-16,18,26H,17,19-20H2,1-5H3,(H,31,35). The molecule has 0 fully saturated rings. The third-order valence-corrected chi connectivity index (χ3v) is 5.97. The van der Waals surface area contributed by atoms with Gasteiger partial charge in [0.05, 0.1) is 19.1 Å². The molecule has 1 N–H and O–H groups in total. The molecule has 3 aromatic carbocycles. The van der Waals surface area contributed by atoms with Crippen molar-refractivity contribution in [2.45, 2.75) is 45.3 Å². The van der Waals surface area contributed by atoms with E-state index in [0.717, 1.165) is 11.1 Å². The number of rotatable bonds is 12. The lowest BCUT2D eigenvalue weighted by Crippen LogP contribution is -2.55. The van der Waals surface area contributed by atoms with Gasteiger partial charge in [-0.2, -0.15) is 0 Å². The van der Waals surface area contributed by atoms with Gasteiger partial charge in [-0.05, 0) is 50.1 Å². The summed E-state index contributed by atoms with van der Waals surface area (Å²) in [6.07, 6.45) is 0.282. The maximum absolute atomic E-state index is 13.8. The Morgan fingerprint density at radius 1 is 0.925 bits per heavy atom. The van der Waals surface area contributed by atoms with Gasteiger partial charge in [0, 0.05) is 30.6 Å². The van der Waals surface area contributed by atoms with Crippen molar-refractivity contribution in [2.75, 3.05) is 20.8 Å². The van der Waals surface area contributed by atoms with E-state index >= 15 is 0 Å². The molecule has 10 heteroatoms. The first kappa shape index (κ1) is 29.9. The zero-order chi connectivity index (χ0) is 29.3. The van der Waals surface area contributed by atoms with Crippen LogP contribution in [0.5, 0.6) is 17.2 Å². The number of ether oxygens (including phenoxy) is 3. The van der Waals surface area contributed by atoms with Gasteiger partial charge in [-0.15, -0.1) is 0 Å². The highest BCUT2D eigenvalue weighted by atomic mass is 16.6. The van der Waals surface area contributed by atoms with Crippen molar-refractivity contribution in [2.24, 2.45) is 0 Å². The Labute approximate surface area is 234 Å². The maximum Gasteiger partial charge on any atom is 0.311 e. The zero-order valence-electron chi connectivity index (χ0n) is 23.4. The molecular weight excluding hydrogens is 514 g/mol. The average Bonchev–Trinajstić information content (AvgIpc) is 2.93. The van der Waals surface area contributed by atoms with Gasteiger partial charge in [0.15, 0.2) is 6.61 Å². The van der Waals surface area contributed by atoms with E-state index in [1.54, 1.807) is 13.2 Å². The Morgan fingerprint density at radius 3 is 2.25 bits per heavy atom. The van der Waals surface area contributed by atoms with E-state index in [4.69, 9.17) is 14.2 Å². The maximum atomic E-state index is 13.8. The van der Waals surface area contributed by atoms with Crippen LogP contribution in [0.25, 0.3) is 0 Å². The van der Waals surface area contributed by atoms with Gasteiger partial charge in [0.25, 0.3) is 5.91 Å². The SMILES string of the molecule is COc1cccc(CN(C(=O)COc2ccc([N+](=O)[O-])c(OC)c2)C(Cc2ccccc2)C(=O)NC(C)(C)C)c1. The molecule has 0 saturated carbocycles. The molecule has 0 aliphatic rings. The first-order valence-corrected chi connectivity index (χ1v) is 12.7. The summed E-state index contributed by atoms with van der Waals surface area (Å²) in [4.78, 5) is 39.5. The zero-order valence-corrected chi connectivity index (χ0v) is 23.4. The summed E-state index contributed by atoms with van der Waals surface area (Å²) >= 11 is 0. The molecule has 0 heterocycles. The third kappa shape index (κ3) is 8.45. The minimum atomic E-state index is -0.852. The van der Waals surface area contributed by atoms with Gasteiger partial charge in [-0.1, -0.05) is 42.5 Å². The minimum absolute atomic E-state index is 0.00898. The number of nitrogens with zero attached hydrogens (tertiary/aromatic N) is 2. The topological polar surface area (TPSA) is 120 Å². The fourth-order valence-electron chi connectivity index (χ4n) is 4.10. The molecule has 1 unspecified atom stereocenters. The van der Waals surface area contributed by atoms with Crippen molar-refractivity contribution < 1.29 is 28.7 Å². The molecule has 10 nitrogen and oxygen atoms in total. The summed E-state index contributed by atoms with van der Waals surface area (Å²) in [5.41, 5.74) is 0.914. The predicted molar refractivity (Wildman–Crippen MR) is 151 cm³/mol. The van der Waals surface area contributed by atoms with Crippen molar-refractivity contribution in [3.63, 3.8) is 0 Å². The molecule has 0 aliphatic carbocycles. The Morgan fingerprint density at radius 2 is 1.62 bits per heavy atom. The second-order valence-electron chi connectivity index (χ2n) is 10.2. The number of amides is 2. The van der Waals surface area contributed by atoms with Crippen molar-refractivity contribution in [3.8, 4) is 17.2 Å². The van der Waals surface area contributed by atoms with Gasteiger partial charge in [-0.25, -0.2) is 0 Å². The van der Waals surface area contributed by atoms with Crippen LogP contribution in [-0.2, 0) is 22.6 Å². The Balaban J connectivity index is 1.95. The van der Waals surface area contributed by atoms with Crippen molar-refractivity contribution >= 4 is 17.5 Å². The highest BCUT2D eigenvalue weighted by molar-refractivity contribution is 5.89. The van der Waals surface area contributed by atoms with E-state index in [1.165, 1.54) is 30.2 Å². The van der Waals surface area contributed by atoms with Crippen LogP contribution in [0, 0.1) is 10.1 Å². The molecule has 212 valence electrons. The molecule has 0 aromatic heterocycles. The van der Waals surface area contributed by atoms with Gasteiger partial charge in [-0.3, -0.25) is 19.7 Å². The van der Waals surface area contributed by atoms with Crippen LogP contribution >= 0.6 is 0 Å². The first-order chi connectivity index (χ1) is 19.0. The number of benzene rings is 3. The van der Waals surface area contributed by atoms with Crippen molar-refractivity contribution in [3.05, 3.63) is 94.0 Å². The van der Waals surface area contributed by atoms with E-state index in [-0.39, 0.29) is 36.1 Å². The summed E-state index contributed by atoms with van der Waals surface area (Å²) in [5, 5.41) is 14.2. The molecule has 3 rings (SSSR count). The predicted octanol–water partition coefficient (Wildman–Crippen LogP) is 4.55. The molecule has 1 atom stereocenters. The Bertz CT molecular complexity index is 1320. The van der Waals surface area contributed by atoms with E-state index in [0.29, 0.717) is 5.75 Å². The molecule has 3 aromatic rings.